The predicted molar refractivity (Wildman–Crippen MR) is 166 cm³/mol. The summed E-state index contributed by atoms with van der Waals surface area (Å²) in [5.41, 5.74) is 5.31. The van der Waals surface area contributed by atoms with E-state index in [1.807, 2.05) is 17.4 Å². The topological polar surface area (TPSA) is 49.5 Å². The first-order chi connectivity index (χ1) is 20.0. The number of amides is 1. The van der Waals surface area contributed by atoms with Crippen molar-refractivity contribution >= 4 is 16.7 Å². The van der Waals surface area contributed by atoms with Gasteiger partial charge in [-0.3, -0.25) is 4.79 Å². The Balaban J connectivity index is 1.27. The molecule has 0 aliphatic carbocycles. The molecule has 0 saturated carbocycles. The second kappa shape index (κ2) is 12.0. The second-order valence-electron chi connectivity index (χ2n) is 11.8. The van der Waals surface area contributed by atoms with Crippen molar-refractivity contribution in [1.82, 2.24) is 28.8 Å². The van der Waals surface area contributed by atoms with Crippen molar-refractivity contribution in [3.8, 4) is 11.1 Å². The van der Waals surface area contributed by atoms with E-state index in [1.165, 1.54) is 35.0 Å². The first-order valence-corrected chi connectivity index (χ1v) is 15.1. The smallest absolute Gasteiger partial charge is 0.256 e. The van der Waals surface area contributed by atoms with Crippen molar-refractivity contribution in [2.24, 2.45) is 5.92 Å². The fourth-order valence-electron chi connectivity index (χ4n) is 6.39. The molecule has 0 bridgehead atoms. The maximum atomic E-state index is 13.9. The van der Waals surface area contributed by atoms with Crippen LogP contribution in [-0.2, 0) is 13.1 Å². The molecule has 2 aliphatic heterocycles. The summed E-state index contributed by atoms with van der Waals surface area (Å²) in [6.45, 7) is 13.6. The number of aromatic nitrogens is 3. The molecule has 2 fully saturated rings. The van der Waals surface area contributed by atoms with Crippen molar-refractivity contribution in [2.45, 2.75) is 39.3 Å². The molecule has 41 heavy (non-hydrogen) atoms. The summed E-state index contributed by atoms with van der Waals surface area (Å²) >= 11 is 0. The number of carbonyl (C=O) groups excluding carboxylic acids is 1. The van der Waals surface area contributed by atoms with Crippen LogP contribution in [0.15, 0.2) is 79.7 Å². The molecular formula is C34H42N6O. The van der Waals surface area contributed by atoms with E-state index in [0.29, 0.717) is 12.5 Å². The molecule has 2 aromatic carbocycles. The number of likely N-dealkylation sites (N-methyl/N-ethyl adjacent to an activating group) is 1. The van der Waals surface area contributed by atoms with Crippen molar-refractivity contribution in [3.05, 3.63) is 90.9 Å². The molecule has 1 amide bonds. The number of allylic oxidation sites excluding steroid dienone is 1. The zero-order valence-corrected chi connectivity index (χ0v) is 24.5. The Morgan fingerprint density at radius 1 is 0.927 bits per heavy atom. The number of fused-ring (bicyclic) bond motifs is 1. The molecule has 0 N–H and O–H groups in total. The van der Waals surface area contributed by atoms with Crippen molar-refractivity contribution in [1.29, 1.82) is 0 Å². The van der Waals surface area contributed by atoms with Crippen LogP contribution in [0.5, 0.6) is 0 Å². The molecule has 2 saturated heterocycles. The van der Waals surface area contributed by atoms with Gasteiger partial charge in [0.2, 0.25) is 0 Å². The standard InChI is InChI=1S/C34H42N6O/c1-4-26(2)38-14-12-27(13-15-38)21-40-25-35-20-29(40)22-37-23-32(31-11-7-9-28-8-5-6-10-30(28)31)33(24-37)34(41)39-18-16-36(3)17-19-39/h5-11,20,23-25,27H,2,4,12-19,21-22H2,1,3H3. The van der Waals surface area contributed by atoms with Crippen molar-refractivity contribution in [2.75, 3.05) is 46.3 Å². The highest BCUT2D eigenvalue weighted by Crippen LogP contribution is 2.33. The van der Waals surface area contributed by atoms with Crippen LogP contribution in [0.25, 0.3) is 21.9 Å². The molecule has 4 aromatic rings. The van der Waals surface area contributed by atoms with Gasteiger partial charge in [0.15, 0.2) is 0 Å². The summed E-state index contributed by atoms with van der Waals surface area (Å²) in [7, 11) is 2.12. The first kappa shape index (κ1) is 27.3. The van der Waals surface area contributed by atoms with Gasteiger partial charge in [0.1, 0.15) is 0 Å². The molecule has 6 rings (SSSR count). The Kier molecular flexibility index (Phi) is 7.97. The minimum absolute atomic E-state index is 0.119. The Morgan fingerprint density at radius 2 is 1.68 bits per heavy atom. The van der Waals surface area contributed by atoms with Gasteiger partial charge >= 0.3 is 0 Å². The Hall–Kier alpha value is -3.84. The zero-order chi connectivity index (χ0) is 28.3. The maximum absolute atomic E-state index is 13.9. The molecule has 4 heterocycles. The molecule has 2 aliphatic rings. The fraction of sp³-hybridized carbons (Fsp3) is 0.412. The van der Waals surface area contributed by atoms with Crippen LogP contribution >= 0.6 is 0 Å². The van der Waals surface area contributed by atoms with E-state index in [4.69, 9.17) is 0 Å². The Bertz CT molecular complexity index is 1510. The fourth-order valence-corrected chi connectivity index (χ4v) is 6.39. The normalized spacial score (nSPS) is 16.9. The molecule has 0 spiro atoms. The van der Waals surface area contributed by atoms with E-state index < -0.39 is 0 Å². The maximum Gasteiger partial charge on any atom is 0.256 e. The number of imidazole rings is 1. The summed E-state index contributed by atoms with van der Waals surface area (Å²) in [5, 5.41) is 2.35. The average Bonchev–Trinajstić information content (AvgIpc) is 3.63. The van der Waals surface area contributed by atoms with E-state index in [-0.39, 0.29) is 5.91 Å². The average molecular weight is 551 g/mol. The predicted octanol–water partition coefficient (Wildman–Crippen LogP) is 5.58. The third kappa shape index (κ3) is 5.82. The number of likely N-dealkylation sites (tertiary alicyclic amines) is 1. The summed E-state index contributed by atoms with van der Waals surface area (Å²) in [4.78, 5) is 25.2. The van der Waals surface area contributed by atoms with Crippen LogP contribution in [0, 0.1) is 5.92 Å². The Morgan fingerprint density at radius 3 is 2.46 bits per heavy atom. The lowest BCUT2D eigenvalue weighted by atomic mass is 9.96. The molecule has 0 atom stereocenters. The van der Waals surface area contributed by atoms with Gasteiger partial charge in [-0.2, -0.15) is 0 Å². The summed E-state index contributed by atoms with van der Waals surface area (Å²) in [6.07, 6.45) is 11.5. The highest BCUT2D eigenvalue weighted by Gasteiger charge is 2.26. The number of rotatable bonds is 8. The molecule has 7 heteroatoms. The van der Waals surface area contributed by atoms with E-state index in [1.54, 1.807) is 0 Å². The quantitative estimate of drug-likeness (QED) is 0.288. The van der Waals surface area contributed by atoms with Crippen LogP contribution < -0.4 is 0 Å². The number of piperazine rings is 1. The minimum atomic E-state index is 0.119. The zero-order valence-electron chi connectivity index (χ0n) is 24.5. The number of hydrogen-bond donors (Lipinski definition) is 0. The first-order valence-electron chi connectivity index (χ1n) is 15.1. The molecule has 7 nitrogen and oxygen atoms in total. The van der Waals surface area contributed by atoms with Gasteiger partial charge in [0, 0.05) is 75.7 Å². The van der Waals surface area contributed by atoms with Gasteiger partial charge in [0.05, 0.1) is 24.1 Å². The highest BCUT2D eigenvalue weighted by atomic mass is 16.2. The van der Waals surface area contributed by atoms with Gasteiger partial charge in [-0.05, 0) is 48.6 Å². The van der Waals surface area contributed by atoms with Gasteiger partial charge < -0.3 is 23.8 Å². The van der Waals surface area contributed by atoms with Crippen LogP contribution in [0.3, 0.4) is 0 Å². The van der Waals surface area contributed by atoms with E-state index in [9.17, 15) is 4.79 Å². The van der Waals surface area contributed by atoms with E-state index >= 15 is 0 Å². The summed E-state index contributed by atoms with van der Waals surface area (Å²) in [6, 6.07) is 14.8. The summed E-state index contributed by atoms with van der Waals surface area (Å²) in [5.74, 6) is 0.753. The number of benzene rings is 2. The summed E-state index contributed by atoms with van der Waals surface area (Å²) < 4.78 is 4.50. The van der Waals surface area contributed by atoms with Gasteiger partial charge in [-0.25, -0.2) is 4.98 Å². The van der Waals surface area contributed by atoms with Crippen molar-refractivity contribution in [3.63, 3.8) is 0 Å². The third-order valence-corrected chi connectivity index (χ3v) is 9.05. The van der Waals surface area contributed by atoms with Crippen LogP contribution in [0.2, 0.25) is 0 Å². The second-order valence-corrected chi connectivity index (χ2v) is 11.8. The SMILES string of the molecule is C=C(CC)N1CCC(Cn2cncc2Cn2cc(C(=O)N3CCN(C)CC3)c(-c3cccc4ccccc34)c2)CC1. The lowest BCUT2D eigenvalue weighted by Gasteiger charge is -2.34. The van der Waals surface area contributed by atoms with Crippen molar-refractivity contribution < 1.29 is 4.79 Å². The van der Waals surface area contributed by atoms with Crippen LogP contribution in [-0.4, -0.2) is 81.0 Å². The highest BCUT2D eigenvalue weighted by molar-refractivity contribution is 6.06. The lowest BCUT2D eigenvalue weighted by Crippen LogP contribution is -2.47. The third-order valence-electron chi connectivity index (χ3n) is 9.05. The number of piperidine rings is 1. The van der Waals surface area contributed by atoms with E-state index in [2.05, 4.69) is 99.3 Å². The van der Waals surface area contributed by atoms with Gasteiger partial charge in [0.25, 0.3) is 5.91 Å². The van der Waals surface area contributed by atoms with Crippen LogP contribution in [0.1, 0.15) is 42.2 Å². The van der Waals surface area contributed by atoms with Crippen LogP contribution in [0.4, 0.5) is 0 Å². The molecule has 2 aromatic heterocycles. The minimum Gasteiger partial charge on any atom is -0.375 e. The monoisotopic (exact) mass is 550 g/mol. The largest absolute Gasteiger partial charge is 0.375 e. The molecule has 0 radical (unpaired) electrons. The number of nitrogens with zero attached hydrogens (tertiary/aromatic N) is 6. The van der Waals surface area contributed by atoms with E-state index in [0.717, 1.165) is 68.9 Å². The number of hydrogen-bond acceptors (Lipinski definition) is 4. The molecule has 214 valence electrons. The Labute approximate surface area is 243 Å². The van der Waals surface area contributed by atoms with Gasteiger partial charge in [-0.15, -0.1) is 0 Å². The number of carbonyl (C=O) groups is 1. The van der Waals surface area contributed by atoms with Gasteiger partial charge in [-0.1, -0.05) is 56.0 Å². The lowest BCUT2D eigenvalue weighted by molar-refractivity contribution is 0.0665. The molecule has 0 unspecified atom stereocenters. The molecular weight excluding hydrogens is 508 g/mol.